The molecule has 20 heavy (non-hydrogen) atoms. The summed E-state index contributed by atoms with van der Waals surface area (Å²) in [6, 6.07) is 8.28. The number of hydrogen-bond acceptors (Lipinski definition) is 3. The van der Waals surface area contributed by atoms with E-state index in [4.69, 9.17) is 17.3 Å². The summed E-state index contributed by atoms with van der Waals surface area (Å²) < 4.78 is 40.1. The summed E-state index contributed by atoms with van der Waals surface area (Å²) in [5.41, 5.74) is 5.44. The van der Waals surface area contributed by atoms with Gasteiger partial charge in [-0.05, 0) is 46.3 Å². The predicted molar refractivity (Wildman–Crippen MR) is 80.8 cm³/mol. The molecular formula is C12H9BrClFN2O2S. The van der Waals surface area contributed by atoms with Crippen LogP contribution in [0.4, 0.5) is 15.8 Å². The number of nitrogens with one attached hydrogen (secondary N) is 1. The predicted octanol–water partition coefficient (Wildman–Crippen LogP) is 3.62. The molecule has 106 valence electrons. The number of sulfonamides is 1. The lowest BCUT2D eigenvalue weighted by Crippen LogP contribution is -2.14. The molecule has 0 aliphatic rings. The Bertz CT molecular complexity index is 768. The van der Waals surface area contributed by atoms with Crippen LogP contribution in [-0.2, 0) is 10.0 Å². The number of benzene rings is 2. The number of nitrogen functional groups attached to an aromatic ring is 1. The van der Waals surface area contributed by atoms with E-state index in [1.165, 1.54) is 6.07 Å². The van der Waals surface area contributed by atoms with Gasteiger partial charge in [-0.2, -0.15) is 0 Å². The second kappa shape index (κ2) is 5.59. The molecule has 0 atom stereocenters. The van der Waals surface area contributed by atoms with Gasteiger partial charge in [-0.1, -0.05) is 17.7 Å². The van der Waals surface area contributed by atoms with Crippen LogP contribution in [0.1, 0.15) is 0 Å². The van der Waals surface area contributed by atoms with Crippen molar-refractivity contribution in [3.05, 3.63) is 51.7 Å². The third-order valence-corrected chi connectivity index (χ3v) is 4.99. The largest absolute Gasteiger partial charge is 0.396 e. The molecule has 0 radical (unpaired) electrons. The molecule has 0 amide bonds. The van der Waals surface area contributed by atoms with Crippen LogP contribution >= 0.6 is 27.5 Å². The lowest BCUT2D eigenvalue weighted by Gasteiger charge is -2.11. The molecule has 0 bridgehead atoms. The lowest BCUT2D eigenvalue weighted by molar-refractivity contribution is 0.599. The van der Waals surface area contributed by atoms with E-state index in [2.05, 4.69) is 20.7 Å². The van der Waals surface area contributed by atoms with E-state index >= 15 is 0 Å². The summed E-state index contributed by atoms with van der Waals surface area (Å²) in [5.74, 6) is -0.696. The maximum Gasteiger partial charge on any atom is 0.263 e. The Hall–Kier alpha value is -1.31. The zero-order chi connectivity index (χ0) is 14.9. The Morgan fingerprint density at radius 2 is 1.95 bits per heavy atom. The minimum absolute atomic E-state index is 0.0822. The molecular weight excluding hydrogens is 371 g/mol. The highest BCUT2D eigenvalue weighted by Crippen LogP contribution is 2.28. The van der Waals surface area contributed by atoms with Crippen molar-refractivity contribution in [2.24, 2.45) is 0 Å². The van der Waals surface area contributed by atoms with Crippen molar-refractivity contribution in [2.45, 2.75) is 4.90 Å². The van der Waals surface area contributed by atoms with Gasteiger partial charge in [0.05, 0.1) is 11.4 Å². The zero-order valence-corrected chi connectivity index (χ0v) is 13.1. The molecule has 0 heterocycles. The standard InChI is InChI=1S/C12H9BrClFN2O2S/c13-9-5-10(15)11(16)6-12(9)20(18,19)17-8-3-1-2-7(14)4-8/h1-6,17H,16H2. The average Bonchev–Trinajstić information content (AvgIpc) is 2.33. The molecule has 0 unspecified atom stereocenters. The van der Waals surface area contributed by atoms with Crippen LogP contribution in [0.15, 0.2) is 45.8 Å². The number of anilines is 2. The second-order valence-corrected chi connectivity index (χ2v) is 6.86. The molecule has 4 nitrogen and oxygen atoms in total. The van der Waals surface area contributed by atoms with Gasteiger partial charge in [0.2, 0.25) is 0 Å². The summed E-state index contributed by atoms with van der Waals surface area (Å²) in [7, 11) is -3.90. The van der Waals surface area contributed by atoms with Gasteiger partial charge in [-0.15, -0.1) is 0 Å². The Balaban J connectivity index is 2.43. The lowest BCUT2D eigenvalue weighted by atomic mass is 10.3. The Kier molecular flexibility index (Phi) is 4.22. The van der Waals surface area contributed by atoms with Crippen LogP contribution in [0.25, 0.3) is 0 Å². The summed E-state index contributed by atoms with van der Waals surface area (Å²) in [6.07, 6.45) is 0. The molecule has 3 N–H and O–H groups in total. The molecule has 2 rings (SSSR count). The fourth-order valence-corrected chi connectivity index (χ4v) is 3.80. The van der Waals surface area contributed by atoms with Crippen LogP contribution in [0.3, 0.4) is 0 Å². The van der Waals surface area contributed by atoms with E-state index in [1.54, 1.807) is 18.2 Å². The summed E-state index contributed by atoms with van der Waals surface area (Å²) in [6.45, 7) is 0. The number of rotatable bonds is 3. The van der Waals surface area contributed by atoms with Gasteiger partial charge in [0, 0.05) is 9.50 Å². The first-order chi connectivity index (χ1) is 9.29. The van der Waals surface area contributed by atoms with Crippen LogP contribution in [-0.4, -0.2) is 8.42 Å². The monoisotopic (exact) mass is 378 g/mol. The van der Waals surface area contributed by atoms with Crippen molar-refractivity contribution in [1.82, 2.24) is 0 Å². The molecule has 2 aromatic rings. The fraction of sp³-hybridized carbons (Fsp3) is 0. The van der Waals surface area contributed by atoms with Gasteiger partial charge in [0.25, 0.3) is 10.0 Å². The number of nitrogens with two attached hydrogens (primary N) is 1. The Labute approximate surface area is 128 Å². The van der Waals surface area contributed by atoms with Crippen LogP contribution in [0.2, 0.25) is 5.02 Å². The first-order valence-corrected chi connectivity index (χ1v) is 7.98. The third-order valence-electron chi connectivity index (χ3n) is 2.42. The van der Waals surface area contributed by atoms with Crippen molar-refractivity contribution in [2.75, 3.05) is 10.5 Å². The normalized spacial score (nSPS) is 11.3. The van der Waals surface area contributed by atoms with E-state index in [-0.39, 0.29) is 15.1 Å². The van der Waals surface area contributed by atoms with Crippen molar-refractivity contribution >= 4 is 48.9 Å². The smallest absolute Gasteiger partial charge is 0.263 e. The van der Waals surface area contributed by atoms with Gasteiger partial charge >= 0.3 is 0 Å². The summed E-state index contributed by atoms with van der Waals surface area (Å²) in [4.78, 5) is -0.156. The molecule has 0 aliphatic carbocycles. The van der Waals surface area contributed by atoms with Crippen molar-refractivity contribution in [3.63, 3.8) is 0 Å². The highest BCUT2D eigenvalue weighted by molar-refractivity contribution is 9.10. The number of hydrogen-bond donors (Lipinski definition) is 2. The van der Waals surface area contributed by atoms with Gasteiger partial charge in [-0.25, -0.2) is 12.8 Å². The number of halogens is 3. The van der Waals surface area contributed by atoms with Crippen molar-refractivity contribution < 1.29 is 12.8 Å². The van der Waals surface area contributed by atoms with Crippen LogP contribution in [0.5, 0.6) is 0 Å². The minimum Gasteiger partial charge on any atom is -0.396 e. The maximum atomic E-state index is 13.2. The van der Waals surface area contributed by atoms with E-state index in [0.717, 1.165) is 12.1 Å². The van der Waals surface area contributed by atoms with Crippen LogP contribution in [0, 0.1) is 5.82 Å². The van der Waals surface area contributed by atoms with Gasteiger partial charge in [-0.3, -0.25) is 4.72 Å². The summed E-state index contributed by atoms with van der Waals surface area (Å²) >= 11 is 8.79. The van der Waals surface area contributed by atoms with Gasteiger partial charge in [0.15, 0.2) is 0 Å². The second-order valence-electron chi connectivity index (χ2n) is 3.92. The molecule has 0 saturated carbocycles. The van der Waals surface area contributed by atoms with Crippen LogP contribution < -0.4 is 10.5 Å². The summed E-state index contributed by atoms with van der Waals surface area (Å²) in [5, 5.41) is 0.392. The molecule has 2 aromatic carbocycles. The van der Waals surface area contributed by atoms with E-state index < -0.39 is 15.8 Å². The Morgan fingerprint density at radius 1 is 1.25 bits per heavy atom. The quantitative estimate of drug-likeness (QED) is 0.800. The first kappa shape index (κ1) is 15.1. The highest BCUT2D eigenvalue weighted by atomic mass is 79.9. The molecule has 0 aromatic heterocycles. The van der Waals surface area contributed by atoms with E-state index in [9.17, 15) is 12.8 Å². The fourth-order valence-electron chi connectivity index (χ4n) is 1.51. The molecule has 0 aliphatic heterocycles. The molecule has 8 heteroatoms. The molecule has 0 fully saturated rings. The maximum absolute atomic E-state index is 13.2. The van der Waals surface area contributed by atoms with Gasteiger partial charge < -0.3 is 5.73 Å². The van der Waals surface area contributed by atoms with Crippen molar-refractivity contribution in [3.8, 4) is 0 Å². The Morgan fingerprint density at radius 3 is 2.60 bits per heavy atom. The average molecular weight is 380 g/mol. The van der Waals surface area contributed by atoms with E-state index in [0.29, 0.717) is 10.7 Å². The molecule has 0 saturated heterocycles. The highest BCUT2D eigenvalue weighted by Gasteiger charge is 2.20. The SMILES string of the molecule is Nc1cc(S(=O)(=O)Nc2cccc(Cl)c2)c(Br)cc1F. The van der Waals surface area contributed by atoms with Gasteiger partial charge in [0.1, 0.15) is 10.7 Å². The molecule has 0 spiro atoms. The first-order valence-electron chi connectivity index (χ1n) is 5.32. The third kappa shape index (κ3) is 3.23. The minimum atomic E-state index is -3.90. The van der Waals surface area contributed by atoms with Crippen molar-refractivity contribution in [1.29, 1.82) is 0 Å². The topological polar surface area (TPSA) is 72.2 Å². The zero-order valence-electron chi connectivity index (χ0n) is 9.90. The van der Waals surface area contributed by atoms with E-state index in [1.807, 2.05) is 0 Å².